The van der Waals surface area contributed by atoms with Crippen molar-refractivity contribution in [1.29, 1.82) is 0 Å². The van der Waals surface area contributed by atoms with Gasteiger partial charge in [-0.05, 0) is 35.9 Å². The standard InChI is InChI=1S/C26H21ClN2O5S/c1-31-18-8-10-19(11-9-18)35-25-23(26(30)32-2)29(24(28-25)16-6-4-3-5-7-16)14-17-12-21-22(13-20(17)27)34-15-33-21/h3-13H,14-15H2,1-2H3. The number of hydrogen-bond acceptors (Lipinski definition) is 7. The van der Waals surface area contributed by atoms with Crippen LogP contribution in [0, 0.1) is 0 Å². The third-order valence-corrected chi connectivity index (χ3v) is 6.83. The van der Waals surface area contributed by atoms with Gasteiger partial charge in [-0.25, -0.2) is 9.78 Å². The van der Waals surface area contributed by atoms with Crippen LogP contribution in [-0.4, -0.2) is 36.5 Å². The third-order valence-electron chi connectivity index (χ3n) is 5.49. The molecule has 35 heavy (non-hydrogen) atoms. The maximum atomic E-state index is 13.1. The summed E-state index contributed by atoms with van der Waals surface area (Å²) in [4.78, 5) is 18.8. The van der Waals surface area contributed by atoms with Gasteiger partial charge in [0, 0.05) is 21.5 Å². The lowest BCUT2D eigenvalue weighted by Crippen LogP contribution is -2.13. The lowest BCUT2D eigenvalue weighted by atomic mass is 10.1. The van der Waals surface area contributed by atoms with Crippen molar-refractivity contribution < 1.29 is 23.7 Å². The molecule has 9 heteroatoms. The number of fused-ring (bicyclic) bond motifs is 1. The number of carbonyl (C=O) groups excluding carboxylic acids is 1. The SMILES string of the molecule is COC(=O)c1c(Sc2ccc(OC)cc2)nc(-c2ccccc2)n1Cc1cc2c(cc1Cl)OCO2. The molecule has 2 heterocycles. The largest absolute Gasteiger partial charge is 0.497 e. The number of rotatable bonds is 7. The zero-order valence-corrected chi connectivity index (χ0v) is 20.6. The third kappa shape index (κ3) is 4.67. The van der Waals surface area contributed by atoms with Crippen molar-refractivity contribution in [1.82, 2.24) is 9.55 Å². The van der Waals surface area contributed by atoms with E-state index in [1.54, 1.807) is 13.2 Å². The van der Waals surface area contributed by atoms with E-state index in [2.05, 4.69) is 0 Å². The summed E-state index contributed by atoms with van der Waals surface area (Å²) in [7, 11) is 2.98. The van der Waals surface area contributed by atoms with E-state index in [1.165, 1.54) is 18.9 Å². The fourth-order valence-corrected chi connectivity index (χ4v) is 4.90. The van der Waals surface area contributed by atoms with Crippen LogP contribution in [-0.2, 0) is 11.3 Å². The highest BCUT2D eigenvalue weighted by atomic mass is 35.5. The number of nitrogens with zero attached hydrogens (tertiary/aromatic N) is 2. The fraction of sp³-hybridized carbons (Fsp3) is 0.154. The molecule has 1 aromatic heterocycles. The minimum Gasteiger partial charge on any atom is -0.497 e. The zero-order valence-electron chi connectivity index (χ0n) is 19.0. The Morgan fingerprint density at radius 1 is 1.06 bits per heavy atom. The van der Waals surface area contributed by atoms with Gasteiger partial charge in [-0.2, -0.15) is 0 Å². The second-order valence-electron chi connectivity index (χ2n) is 7.61. The Labute approximate surface area is 211 Å². The zero-order chi connectivity index (χ0) is 24.4. The molecule has 3 aromatic carbocycles. The molecule has 0 spiro atoms. The Morgan fingerprint density at radius 3 is 2.46 bits per heavy atom. The predicted molar refractivity (Wildman–Crippen MR) is 133 cm³/mol. The molecule has 0 amide bonds. The Hall–Kier alpha value is -3.62. The van der Waals surface area contributed by atoms with Gasteiger partial charge in [-0.1, -0.05) is 53.7 Å². The summed E-state index contributed by atoms with van der Waals surface area (Å²) >= 11 is 7.96. The summed E-state index contributed by atoms with van der Waals surface area (Å²) in [5.74, 6) is 2.08. The number of benzene rings is 3. The smallest absolute Gasteiger partial charge is 0.357 e. The summed E-state index contributed by atoms with van der Waals surface area (Å²) in [5.41, 5.74) is 1.95. The van der Waals surface area contributed by atoms with Gasteiger partial charge in [-0.3, -0.25) is 0 Å². The highest BCUT2D eigenvalue weighted by molar-refractivity contribution is 7.99. The summed E-state index contributed by atoms with van der Waals surface area (Å²) in [6, 6.07) is 20.8. The average Bonchev–Trinajstić information content (AvgIpc) is 3.49. The van der Waals surface area contributed by atoms with Crippen LogP contribution < -0.4 is 14.2 Å². The van der Waals surface area contributed by atoms with Gasteiger partial charge < -0.3 is 23.5 Å². The summed E-state index contributed by atoms with van der Waals surface area (Å²) in [5, 5.41) is 1.03. The maximum Gasteiger partial charge on any atom is 0.357 e. The average molecular weight is 509 g/mol. The molecule has 0 saturated carbocycles. The van der Waals surface area contributed by atoms with Crippen molar-refractivity contribution in [2.24, 2.45) is 0 Å². The van der Waals surface area contributed by atoms with E-state index < -0.39 is 5.97 Å². The normalized spacial score (nSPS) is 12.0. The van der Waals surface area contributed by atoms with Crippen LogP contribution >= 0.6 is 23.4 Å². The highest BCUT2D eigenvalue weighted by Gasteiger charge is 2.27. The number of esters is 1. The Bertz CT molecular complexity index is 1370. The number of hydrogen-bond donors (Lipinski definition) is 0. The predicted octanol–water partition coefficient (Wildman–Crippen LogP) is 5.93. The van der Waals surface area contributed by atoms with E-state index >= 15 is 0 Å². The van der Waals surface area contributed by atoms with Crippen LogP contribution in [0.5, 0.6) is 17.2 Å². The molecule has 178 valence electrons. The van der Waals surface area contributed by atoms with Crippen molar-refractivity contribution in [2.75, 3.05) is 21.0 Å². The first-order valence-electron chi connectivity index (χ1n) is 10.7. The van der Waals surface area contributed by atoms with Crippen molar-refractivity contribution >= 4 is 29.3 Å². The van der Waals surface area contributed by atoms with Gasteiger partial charge in [0.1, 0.15) is 16.6 Å². The van der Waals surface area contributed by atoms with Crippen LogP contribution in [0.3, 0.4) is 0 Å². The molecule has 5 rings (SSSR count). The van der Waals surface area contributed by atoms with E-state index in [4.69, 9.17) is 35.5 Å². The molecular weight excluding hydrogens is 488 g/mol. The van der Waals surface area contributed by atoms with Crippen molar-refractivity contribution in [2.45, 2.75) is 16.5 Å². The fourth-order valence-electron chi connectivity index (χ4n) is 3.76. The van der Waals surface area contributed by atoms with E-state index in [0.29, 0.717) is 33.1 Å². The van der Waals surface area contributed by atoms with Gasteiger partial charge in [0.25, 0.3) is 0 Å². The summed E-state index contributed by atoms with van der Waals surface area (Å²) < 4.78 is 23.2. The summed E-state index contributed by atoms with van der Waals surface area (Å²) in [6.07, 6.45) is 0. The van der Waals surface area contributed by atoms with Gasteiger partial charge >= 0.3 is 5.97 Å². The second kappa shape index (κ2) is 9.93. The highest BCUT2D eigenvalue weighted by Crippen LogP contribution is 2.39. The van der Waals surface area contributed by atoms with Crippen molar-refractivity contribution in [3.63, 3.8) is 0 Å². The molecule has 1 aliphatic heterocycles. The first-order valence-corrected chi connectivity index (χ1v) is 11.9. The molecule has 0 bridgehead atoms. The monoisotopic (exact) mass is 508 g/mol. The van der Waals surface area contributed by atoms with Crippen molar-refractivity contribution in [3.05, 3.63) is 83.0 Å². The number of ether oxygens (including phenoxy) is 4. The van der Waals surface area contributed by atoms with Crippen molar-refractivity contribution in [3.8, 4) is 28.6 Å². The molecule has 0 N–H and O–H groups in total. The van der Waals surface area contributed by atoms with Gasteiger partial charge in [0.2, 0.25) is 6.79 Å². The maximum absolute atomic E-state index is 13.1. The number of aromatic nitrogens is 2. The molecule has 0 unspecified atom stereocenters. The number of halogens is 1. The topological polar surface area (TPSA) is 71.8 Å². The Balaban J connectivity index is 1.64. The van der Waals surface area contributed by atoms with Crippen LogP contribution in [0.25, 0.3) is 11.4 Å². The first kappa shape index (κ1) is 23.1. The lowest BCUT2D eigenvalue weighted by Gasteiger charge is -2.13. The van der Waals surface area contributed by atoms with Gasteiger partial charge in [-0.15, -0.1) is 0 Å². The van der Waals surface area contributed by atoms with Crippen LogP contribution in [0.15, 0.2) is 76.7 Å². The van der Waals surface area contributed by atoms with E-state index in [1.807, 2.05) is 65.2 Å². The van der Waals surface area contributed by atoms with E-state index in [0.717, 1.165) is 21.8 Å². The molecule has 0 atom stereocenters. The van der Waals surface area contributed by atoms with Crippen LogP contribution in [0.4, 0.5) is 0 Å². The minimum atomic E-state index is -0.493. The molecule has 0 fully saturated rings. The summed E-state index contributed by atoms with van der Waals surface area (Å²) in [6.45, 7) is 0.422. The Kier molecular flexibility index (Phi) is 6.57. The molecule has 0 radical (unpaired) electrons. The number of imidazole rings is 1. The molecule has 7 nitrogen and oxygen atoms in total. The van der Waals surface area contributed by atoms with E-state index in [-0.39, 0.29) is 13.3 Å². The van der Waals surface area contributed by atoms with Gasteiger partial charge in [0.05, 0.1) is 20.8 Å². The van der Waals surface area contributed by atoms with Crippen LogP contribution in [0.2, 0.25) is 5.02 Å². The quantitative estimate of drug-likeness (QED) is 0.287. The second-order valence-corrected chi connectivity index (χ2v) is 9.08. The number of methoxy groups -OCH3 is 2. The first-order chi connectivity index (χ1) is 17.1. The molecule has 0 saturated heterocycles. The molecule has 4 aromatic rings. The van der Waals surface area contributed by atoms with Crippen LogP contribution in [0.1, 0.15) is 16.1 Å². The van der Waals surface area contributed by atoms with E-state index in [9.17, 15) is 4.79 Å². The Morgan fingerprint density at radius 2 is 1.77 bits per heavy atom. The molecule has 1 aliphatic rings. The lowest BCUT2D eigenvalue weighted by molar-refractivity contribution is 0.0584. The molecule has 0 aliphatic carbocycles. The minimum absolute atomic E-state index is 0.144. The van der Waals surface area contributed by atoms with Gasteiger partial charge in [0.15, 0.2) is 17.2 Å². The number of carbonyl (C=O) groups is 1. The molecular formula is C26H21ClN2O5S.